The first kappa shape index (κ1) is 36.3. The summed E-state index contributed by atoms with van der Waals surface area (Å²) in [5, 5.41) is 21.5. The van der Waals surface area contributed by atoms with Gasteiger partial charge in [-0.15, -0.1) is 0 Å². The maximum atomic E-state index is 13.3. The molecule has 0 bridgehead atoms. The Morgan fingerprint density at radius 2 is 0.824 bits per heavy atom. The van der Waals surface area contributed by atoms with Crippen molar-refractivity contribution < 1.29 is 24.0 Å². The van der Waals surface area contributed by atoms with Crippen molar-refractivity contribution in [3.63, 3.8) is 0 Å². The molecule has 5 aliphatic carbocycles. The largest absolute Gasteiger partial charge is 0.399 e. The Kier molecular flexibility index (Phi) is 10.6. The molecule has 0 fully saturated rings. The van der Waals surface area contributed by atoms with Crippen molar-refractivity contribution in [3.8, 4) is 0 Å². The fourth-order valence-corrected chi connectivity index (χ4v) is 6.46. The Labute approximate surface area is 296 Å². The van der Waals surface area contributed by atoms with Crippen LogP contribution >= 0.6 is 0 Å². The Morgan fingerprint density at radius 1 is 0.529 bits per heavy atom. The van der Waals surface area contributed by atoms with Crippen LogP contribution in [0.2, 0.25) is 0 Å². The summed E-state index contributed by atoms with van der Waals surface area (Å²) in [6.45, 7) is 9.53. The van der Waals surface area contributed by atoms with Gasteiger partial charge in [0.05, 0.1) is 5.84 Å². The van der Waals surface area contributed by atoms with Gasteiger partial charge < -0.3 is 38.1 Å². The van der Waals surface area contributed by atoms with Crippen molar-refractivity contribution in [2.24, 2.45) is 41.1 Å². The highest BCUT2D eigenvalue weighted by atomic mass is 16.2. The van der Waals surface area contributed by atoms with Crippen LogP contribution in [0.25, 0.3) is 0 Å². The first-order valence-corrected chi connectivity index (χ1v) is 16.9. The smallest absolute Gasteiger partial charge is 0.252 e. The normalized spacial score (nSPS) is 24.8. The van der Waals surface area contributed by atoms with Gasteiger partial charge in [-0.1, -0.05) is 65.0 Å². The van der Waals surface area contributed by atoms with E-state index in [0.29, 0.717) is 56.4 Å². The lowest BCUT2D eigenvalue weighted by molar-refractivity contribution is -0.118. The summed E-state index contributed by atoms with van der Waals surface area (Å²) in [6, 6.07) is 0. The quantitative estimate of drug-likeness (QED) is 0.112. The van der Waals surface area contributed by atoms with Gasteiger partial charge in [-0.25, -0.2) is 0 Å². The molecule has 5 aliphatic rings. The third-order valence-corrected chi connectivity index (χ3v) is 9.20. The number of amides is 5. The number of carbonyl (C=O) groups is 5. The maximum Gasteiger partial charge on any atom is 0.252 e. The summed E-state index contributed by atoms with van der Waals surface area (Å²) in [7, 11) is 0. The van der Waals surface area contributed by atoms with Crippen LogP contribution in [-0.4, -0.2) is 41.9 Å². The van der Waals surface area contributed by atoms with Gasteiger partial charge in [0.1, 0.15) is 0 Å². The molecule has 0 saturated heterocycles. The Bertz CT molecular complexity index is 1930. The molecule has 5 unspecified atom stereocenters. The van der Waals surface area contributed by atoms with Crippen LogP contribution in [0.1, 0.15) is 41.0 Å². The van der Waals surface area contributed by atoms with Crippen molar-refractivity contribution in [2.45, 2.75) is 41.0 Å². The number of hydrogen-bond donors (Lipinski definition) is 8. The predicted octanol–water partition coefficient (Wildman–Crippen LogP) is 2.15. The van der Waals surface area contributed by atoms with Crippen molar-refractivity contribution >= 4 is 35.4 Å². The SMILES string of the molecule is CC1C=C(NC(=O)C2=CC(NC(=O)C3=CC(NC(=O)C4=CC(NC(=O)C5=CC(N)=CC5C)=CC4C)=CC3C)=CC2C)C=C1C(=O)NCCC(=N)N. The molecular formula is C38H44N8O5. The molecule has 10 N–H and O–H groups in total. The number of nitrogens with two attached hydrogens (primary N) is 2. The Balaban J connectivity index is 1.14. The van der Waals surface area contributed by atoms with E-state index >= 15 is 0 Å². The van der Waals surface area contributed by atoms with Gasteiger partial charge in [0.15, 0.2) is 0 Å². The average Bonchev–Trinajstić information content (AvgIpc) is 3.85. The second kappa shape index (κ2) is 14.9. The van der Waals surface area contributed by atoms with Crippen molar-refractivity contribution in [1.82, 2.24) is 26.6 Å². The van der Waals surface area contributed by atoms with Gasteiger partial charge in [-0.2, -0.15) is 0 Å². The lowest BCUT2D eigenvalue weighted by atomic mass is 10.0. The van der Waals surface area contributed by atoms with Crippen LogP contribution in [0.3, 0.4) is 0 Å². The minimum atomic E-state index is -0.360. The predicted molar refractivity (Wildman–Crippen MR) is 193 cm³/mol. The highest BCUT2D eigenvalue weighted by Gasteiger charge is 2.30. The summed E-state index contributed by atoms with van der Waals surface area (Å²) < 4.78 is 0. The summed E-state index contributed by atoms with van der Waals surface area (Å²) in [5.74, 6) is -2.74. The topological polar surface area (TPSA) is 221 Å². The molecule has 0 aromatic carbocycles. The second-order valence-corrected chi connectivity index (χ2v) is 13.4. The van der Waals surface area contributed by atoms with Crippen LogP contribution in [0.15, 0.2) is 117 Å². The monoisotopic (exact) mass is 692 g/mol. The zero-order valence-corrected chi connectivity index (χ0v) is 29.3. The van der Waals surface area contributed by atoms with Crippen LogP contribution < -0.4 is 38.1 Å². The summed E-state index contributed by atoms with van der Waals surface area (Å²) in [6.07, 6.45) is 17.4. The van der Waals surface area contributed by atoms with Crippen molar-refractivity contribution in [2.75, 3.05) is 6.54 Å². The van der Waals surface area contributed by atoms with Gasteiger partial charge in [0.2, 0.25) is 5.91 Å². The highest BCUT2D eigenvalue weighted by molar-refractivity contribution is 6.02. The first-order chi connectivity index (χ1) is 24.1. The third kappa shape index (κ3) is 8.43. The van der Waals surface area contributed by atoms with Gasteiger partial charge in [0.25, 0.3) is 23.6 Å². The van der Waals surface area contributed by atoms with E-state index in [1.807, 2.05) is 40.7 Å². The van der Waals surface area contributed by atoms with E-state index in [1.54, 1.807) is 54.7 Å². The molecule has 0 heterocycles. The maximum absolute atomic E-state index is 13.3. The number of hydrogen-bond acceptors (Lipinski definition) is 7. The van der Waals surface area contributed by atoms with E-state index < -0.39 is 0 Å². The minimum absolute atomic E-state index is 0.0145. The lowest BCUT2D eigenvalue weighted by Gasteiger charge is -2.09. The zero-order valence-electron chi connectivity index (χ0n) is 29.3. The van der Waals surface area contributed by atoms with E-state index in [-0.39, 0.29) is 77.9 Å². The molecule has 0 saturated carbocycles. The number of allylic oxidation sites excluding steroid dienone is 10. The van der Waals surface area contributed by atoms with Crippen molar-refractivity contribution in [1.29, 1.82) is 5.41 Å². The average molecular weight is 693 g/mol. The second-order valence-electron chi connectivity index (χ2n) is 13.4. The summed E-state index contributed by atoms with van der Waals surface area (Å²) in [4.78, 5) is 65.0. The van der Waals surface area contributed by atoms with Crippen LogP contribution in [-0.2, 0) is 24.0 Å². The van der Waals surface area contributed by atoms with Crippen LogP contribution in [0.4, 0.5) is 0 Å². The first-order valence-electron chi connectivity index (χ1n) is 16.9. The van der Waals surface area contributed by atoms with Crippen molar-refractivity contribution in [3.05, 3.63) is 117 Å². The third-order valence-electron chi connectivity index (χ3n) is 9.20. The van der Waals surface area contributed by atoms with Gasteiger partial charge in [0, 0.05) is 98.9 Å². The molecule has 13 nitrogen and oxygen atoms in total. The molecule has 5 amide bonds. The molecular weight excluding hydrogens is 648 g/mol. The van der Waals surface area contributed by atoms with Crippen LogP contribution in [0.5, 0.6) is 0 Å². The van der Waals surface area contributed by atoms with Gasteiger partial charge in [-0.3, -0.25) is 29.4 Å². The zero-order chi connectivity index (χ0) is 37.1. The standard InChI is InChI=1S/C38H44N8O5/c1-18-8-23(39)13-28(18)35(48)43-25-10-20(3)30(15-25)37(50)45-27-12-22(5)32(17-27)38(51)46-26-11-21(4)31(16-26)36(49)44-24-9-19(2)29(14-24)34(47)42-7-6-33(40)41/h8-22H,6-7,39H2,1-5H3,(H3,40,41)(H,42,47)(H,43,48)(H,44,49)(H,45,50)(H,46,51). The molecule has 0 aromatic heterocycles. The number of nitrogens with one attached hydrogen (secondary N) is 6. The van der Waals surface area contributed by atoms with Gasteiger partial charge >= 0.3 is 0 Å². The number of amidine groups is 1. The summed E-state index contributed by atoms with van der Waals surface area (Å²) in [5.41, 5.74) is 16.1. The molecule has 0 aromatic rings. The Morgan fingerprint density at radius 3 is 1.12 bits per heavy atom. The Hall–Kier alpha value is -5.98. The molecule has 0 aliphatic heterocycles. The van der Waals surface area contributed by atoms with E-state index in [4.69, 9.17) is 16.9 Å². The van der Waals surface area contributed by atoms with E-state index in [0.717, 1.165) is 0 Å². The molecule has 51 heavy (non-hydrogen) atoms. The highest BCUT2D eigenvalue weighted by Crippen LogP contribution is 2.29. The lowest BCUT2D eigenvalue weighted by Crippen LogP contribution is -2.30. The number of carbonyl (C=O) groups excluding carboxylic acids is 5. The fourth-order valence-electron chi connectivity index (χ4n) is 6.46. The molecule has 266 valence electrons. The number of rotatable bonds is 12. The van der Waals surface area contributed by atoms with Crippen LogP contribution in [0, 0.1) is 35.0 Å². The summed E-state index contributed by atoms with van der Waals surface area (Å²) >= 11 is 0. The molecule has 13 heteroatoms. The van der Waals surface area contributed by atoms with E-state index in [2.05, 4.69) is 26.6 Å². The fraction of sp³-hybridized carbons (Fsp3) is 0.316. The minimum Gasteiger partial charge on any atom is -0.399 e. The molecule has 0 spiro atoms. The van der Waals surface area contributed by atoms with Gasteiger partial charge in [-0.05, 0) is 30.4 Å². The molecule has 0 radical (unpaired) electrons. The van der Waals surface area contributed by atoms with E-state index in [1.165, 1.54) is 0 Å². The molecule has 5 atom stereocenters. The van der Waals surface area contributed by atoms with E-state index in [9.17, 15) is 24.0 Å². The molecule has 5 rings (SSSR count).